The molecule has 3 rings (SSSR count). The summed E-state index contributed by atoms with van der Waals surface area (Å²) in [7, 11) is 1.88. The van der Waals surface area contributed by atoms with Crippen LogP contribution in [0.25, 0.3) is 10.9 Å². The van der Waals surface area contributed by atoms with Crippen LogP contribution in [0.15, 0.2) is 48.5 Å². The van der Waals surface area contributed by atoms with E-state index in [9.17, 15) is 4.79 Å². The molecule has 3 aromatic rings. The third kappa shape index (κ3) is 4.11. The molecule has 0 bridgehead atoms. The summed E-state index contributed by atoms with van der Waals surface area (Å²) in [5.74, 6) is 1.38. The number of carbonyl (C=O) groups is 1. The van der Waals surface area contributed by atoms with Gasteiger partial charge in [-0.05, 0) is 55.5 Å². The van der Waals surface area contributed by atoms with Gasteiger partial charge in [0.05, 0.1) is 13.2 Å². The predicted molar refractivity (Wildman–Crippen MR) is 103 cm³/mol. The molecule has 5 nitrogen and oxygen atoms in total. The highest BCUT2D eigenvalue weighted by Gasteiger charge is 2.13. The second-order valence-electron chi connectivity index (χ2n) is 5.80. The summed E-state index contributed by atoms with van der Waals surface area (Å²) in [5.41, 5.74) is 1.58. The minimum Gasteiger partial charge on any atom is -0.494 e. The number of amides is 1. The van der Waals surface area contributed by atoms with Crippen molar-refractivity contribution < 1.29 is 14.3 Å². The Morgan fingerprint density at radius 1 is 1.08 bits per heavy atom. The van der Waals surface area contributed by atoms with Crippen molar-refractivity contribution in [2.75, 3.05) is 19.8 Å². The Kier molecular flexibility index (Phi) is 5.68. The van der Waals surface area contributed by atoms with Crippen LogP contribution in [-0.2, 0) is 7.05 Å². The summed E-state index contributed by atoms with van der Waals surface area (Å²) >= 11 is 5.84. The molecule has 0 radical (unpaired) electrons. The van der Waals surface area contributed by atoms with Gasteiger partial charge in [0.2, 0.25) is 0 Å². The average molecular weight is 373 g/mol. The van der Waals surface area contributed by atoms with Gasteiger partial charge in [-0.1, -0.05) is 11.6 Å². The van der Waals surface area contributed by atoms with E-state index in [1.165, 1.54) is 0 Å². The van der Waals surface area contributed by atoms with E-state index in [2.05, 4.69) is 5.32 Å². The fourth-order valence-electron chi connectivity index (χ4n) is 2.76. The average Bonchev–Trinajstić information content (AvgIpc) is 2.97. The molecule has 0 saturated carbocycles. The number of halogens is 1. The summed E-state index contributed by atoms with van der Waals surface area (Å²) in [6, 6.07) is 14.8. The Balaban J connectivity index is 1.60. The summed E-state index contributed by atoms with van der Waals surface area (Å²) in [6.45, 7) is 3.35. The molecule has 0 spiro atoms. The minimum atomic E-state index is -0.138. The lowest BCUT2D eigenvalue weighted by molar-refractivity contribution is 0.0939. The van der Waals surface area contributed by atoms with E-state index in [-0.39, 0.29) is 5.91 Å². The molecule has 1 heterocycles. The number of fused-ring (bicyclic) bond motifs is 1. The first-order valence-corrected chi connectivity index (χ1v) is 8.85. The van der Waals surface area contributed by atoms with Gasteiger partial charge in [-0.15, -0.1) is 0 Å². The van der Waals surface area contributed by atoms with Crippen LogP contribution in [0.5, 0.6) is 11.5 Å². The molecule has 1 amide bonds. The van der Waals surface area contributed by atoms with Crippen LogP contribution < -0.4 is 14.8 Å². The van der Waals surface area contributed by atoms with E-state index < -0.39 is 0 Å². The highest BCUT2D eigenvalue weighted by atomic mass is 35.5. The maximum absolute atomic E-state index is 12.5. The number of nitrogens with one attached hydrogen (secondary N) is 1. The van der Waals surface area contributed by atoms with Gasteiger partial charge in [-0.25, -0.2) is 0 Å². The quantitative estimate of drug-likeness (QED) is 0.637. The molecule has 26 heavy (non-hydrogen) atoms. The number of aromatic nitrogens is 1. The monoisotopic (exact) mass is 372 g/mol. The van der Waals surface area contributed by atoms with E-state index in [1.807, 2.05) is 42.8 Å². The summed E-state index contributed by atoms with van der Waals surface area (Å²) in [6.07, 6.45) is 0. The summed E-state index contributed by atoms with van der Waals surface area (Å²) in [4.78, 5) is 12.5. The van der Waals surface area contributed by atoms with Gasteiger partial charge in [-0.3, -0.25) is 4.79 Å². The maximum atomic E-state index is 12.5. The number of ether oxygens (including phenoxy) is 2. The van der Waals surface area contributed by atoms with E-state index in [0.717, 1.165) is 22.4 Å². The molecular formula is C20H21ClN2O3. The minimum absolute atomic E-state index is 0.138. The molecule has 0 atom stereocenters. The second kappa shape index (κ2) is 8.15. The third-order valence-corrected chi connectivity index (χ3v) is 4.28. The van der Waals surface area contributed by atoms with Crippen molar-refractivity contribution in [1.82, 2.24) is 9.88 Å². The van der Waals surface area contributed by atoms with Gasteiger partial charge in [-0.2, -0.15) is 0 Å². The molecule has 136 valence electrons. The first-order chi connectivity index (χ1) is 12.6. The van der Waals surface area contributed by atoms with Crippen molar-refractivity contribution in [2.24, 2.45) is 7.05 Å². The van der Waals surface area contributed by atoms with Crippen molar-refractivity contribution in [3.8, 4) is 11.5 Å². The Morgan fingerprint density at radius 3 is 2.54 bits per heavy atom. The van der Waals surface area contributed by atoms with Crippen LogP contribution in [0, 0.1) is 0 Å². The number of benzene rings is 2. The summed E-state index contributed by atoms with van der Waals surface area (Å²) in [5, 5.41) is 4.51. The lowest BCUT2D eigenvalue weighted by Crippen LogP contribution is -2.29. The topological polar surface area (TPSA) is 52.5 Å². The van der Waals surface area contributed by atoms with E-state index in [0.29, 0.717) is 30.5 Å². The van der Waals surface area contributed by atoms with Crippen molar-refractivity contribution in [1.29, 1.82) is 0 Å². The fraction of sp³-hybridized carbons (Fsp3) is 0.250. The Morgan fingerprint density at radius 2 is 1.81 bits per heavy atom. The molecule has 2 aromatic carbocycles. The highest BCUT2D eigenvalue weighted by Crippen LogP contribution is 2.24. The van der Waals surface area contributed by atoms with Crippen LogP contribution in [0.2, 0.25) is 5.02 Å². The molecule has 0 fully saturated rings. The zero-order chi connectivity index (χ0) is 18.5. The normalized spacial score (nSPS) is 10.7. The first kappa shape index (κ1) is 18.1. The Hall–Kier alpha value is -2.66. The standard InChI is InChI=1S/C20H21ClN2O3/c1-3-25-17-8-9-18-14(12-17)13-19(23(18)2)20(24)22-10-11-26-16-6-4-15(21)5-7-16/h4-9,12-13H,3,10-11H2,1-2H3,(H,22,24). The molecular weight excluding hydrogens is 352 g/mol. The van der Waals surface area contributed by atoms with Crippen molar-refractivity contribution in [3.05, 3.63) is 59.2 Å². The van der Waals surface area contributed by atoms with E-state index in [1.54, 1.807) is 24.3 Å². The number of carbonyl (C=O) groups excluding carboxylic acids is 1. The third-order valence-electron chi connectivity index (χ3n) is 4.03. The van der Waals surface area contributed by atoms with Crippen LogP contribution in [-0.4, -0.2) is 30.2 Å². The van der Waals surface area contributed by atoms with Crippen molar-refractivity contribution >= 4 is 28.4 Å². The zero-order valence-corrected chi connectivity index (χ0v) is 15.5. The SMILES string of the molecule is CCOc1ccc2c(c1)cc(C(=O)NCCOc1ccc(Cl)cc1)n2C. The number of hydrogen-bond donors (Lipinski definition) is 1. The van der Waals surface area contributed by atoms with Crippen LogP contribution in [0.4, 0.5) is 0 Å². The number of nitrogens with zero attached hydrogens (tertiary/aromatic N) is 1. The number of hydrogen-bond acceptors (Lipinski definition) is 3. The fourth-order valence-corrected chi connectivity index (χ4v) is 2.88. The summed E-state index contributed by atoms with van der Waals surface area (Å²) < 4.78 is 13.0. The van der Waals surface area contributed by atoms with Gasteiger partial charge < -0.3 is 19.4 Å². The molecule has 6 heteroatoms. The number of rotatable bonds is 7. The van der Waals surface area contributed by atoms with Gasteiger partial charge in [0, 0.05) is 23.0 Å². The second-order valence-corrected chi connectivity index (χ2v) is 6.24. The first-order valence-electron chi connectivity index (χ1n) is 8.47. The molecule has 0 aliphatic carbocycles. The van der Waals surface area contributed by atoms with E-state index >= 15 is 0 Å². The molecule has 0 aliphatic rings. The van der Waals surface area contributed by atoms with Crippen molar-refractivity contribution in [2.45, 2.75) is 6.92 Å². The smallest absolute Gasteiger partial charge is 0.268 e. The number of aryl methyl sites for hydroxylation is 1. The molecule has 0 aliphatic heterocycles. The van der Waals surface area contributed by atoms with Gasteiger partial charge in [0.15, 0.2) is 0 Å². The maximum Gasteiger partial charge on any atom is 0.268 e. The molecule has 1 aromatic heterocycles. The molecule has 0 unspecified atom stereocenters. The largest absolute Gasteiger partial charge is 0.494 e. The van der Waals surface area contributed by atoms with E-state index in [4.69, 9.17) is 21.1 Å². The van der Waals surface area contributed by atoms with Crippen LogP contribution in [0.1, 0.15) is 17.4 Å². The Labute approximate surface area is 157 Å². The van der Waals surface area contributed by atoms with Gasteiger partial charge in [0.1, 0.15) is 23.8 Å². The lowest BCUT2D eigenvalue weighted by Gasteiger charge is -2.08. The molecule has 1 N–H and O–H groups in total. The van der Waals surface area contributed by atoms with Crippen LogP contribution >= 0.6 is 11.6 Å². The zero-order valence-electron chi connectivity index (χ0n) is 14.8. The molecule has 0 saturated heterocycles. The lowest BCUT2D eigenvalue weighted by atomic mass is 10.2. The van der Waals surface area contributed by atoms with Crippen molar-refractivity contribution in [3.63, 3.8) is 0 Å². The van der Waals surface area contributed by atoms with Gasteiger partial charge in [0.25, 0.3) is 5.91 Å². The highest BCUT2D eigenvalue weighted by molar-refractivity contribution is 6.30. The van der Waals surface area contributed by atoms with Gasteiger partial charge >= 0.3 is 0 Å². The van der Waals surface area contributed by atoms with Crippen LogP contribution in [0.3, 0.4) is 0 Å². The Bertz CT molecular complexity index is 903. The predicted octanol–water partition coefficient (Wildman–Crippen LogP) is 4.04.